The van der Waals surface area contributed by atoms with Crippen molar-refractivity contribution in [2.24, 2.45) is 0 Å². The fourth-order valence-electron chi connectivity index (χ4n) is 2.34. The minimum Gasteiger partial charge on any atom is -0.349 e. The van der Waals surface area contributed by atoms with E-state index in [1.54, 1.807) is 13.0 Å². The van der Waals surface area contributed by atoms with E-state index in [0.717, 1.165) is 5.56 Å². The van der Waals surface area contributed by atoms with Crippen LogP contribution in [0.4, 0.5) is 5.69 Å². The van der Waals surface area contributed by atoms with Crippen LogP contribution in [0.1, 0.15) is 41.6 Å². The molecule has 1 saturated carbocycles. The molecule has 1 aliphatic rings. The van der Waals surface area contributed by atoms with Gasteiger partial charge in [0.2, 0.25) is 0 Å². The second-order valence-corrected chi connectivity index (χ2v) is 5.06. The van der Waals surface area contributed by atoms with E-state index in [1.165, 1.54) is 12.1 Å². The van der Waals surface area contributed by atoms with Crippen LogP contribution in [0.25, 0.3) is 0 Å². The predicted octanol–water partition coefficient (Wildman–Crippen LogP) is 2.14. The first kappa shape index (κ1) is 14.2. The van der Waals surface area contributed by atoms with Crippen LogP contribution in [0.2, 0.25) is 0 Å². The number of ketones is 1. The number of carbonyl (C=O) groups excluding carboxylic acids is 2. The first-order chi connectivity index (χ1) is 9.47. The van der Waals surface area contributed by atoms with Crippen LogP contribution < -0.4 is 5.32 Å². The summed E-state index contributed by atoms with van der Waals surface area (Å²) < 4.78 is 0. The van der Waals surface area contributed by atoms with Crippen molar-refractivity contribution in [1.29, 1.82) is 0 Å². The van der Waals surface area contributed by atoms with Gasteiger partial charge in [-0.2, -0.15) is 0 Å². The Bertz CT molecular complexity index is 558. The number of hydrogen-bond acceptors (Lipinski definition) is 4. The first-order valence-corrected chi connectivity index (χ1v) is 6.55. The van der Waals surface area contributed by atoms with E-state index in [2.05, 4.69) is 5.32 Å². The molecular formula is C14H16N2O4. The summed E-state index contributed by atoms with van der Waals surface area (Å²) in [6.45, 7) is 1.78. The molecule has 1 aliphatic carbocycles. The summed E-state index contributed by atoms with van der Waals surface area (Å²) in [7, 11) is 0. The highest BCUT2D eigenvalue weighted by atomic mass is 16.6. The second kappa shape index (κ2) is 5.81. The van der Waals surface area contributed by atoms with Crippen LogP contribution in [-0.2, 0) is 4.79 Å². The molecule has 6 heteroatoms. The molecule has 0 unspecified atom stereocenters. The zero-order valence-electron chi connectivity index (χ0n) is 11.2. The molecule has 0 bridgehead atoms. The molecular weight excluding hydrogens is 260 g/mol. The highest BCUT2D eigenvalue weighted by Crippen LogP contribution is 2.21. The lowest BCUT2D eigenvalue weighted by Crippen LogP contribution is -2.38. The van der Waals surface area contributed by atoms with Crippen molar-refractivity contribution < 1.29 is 14.5 Å². The van der Waals surface area contributed by atoms with Crippen LogP contribution >= 0.6 is 0 Å². The fraction of sp³-hybridized carbons (Fsp3) is 0.429. The summed E-state index contributed by atoms with van der Waals surface area (Å²) in [6, 6.07) is 4.38. The van der Waals surface area contributed by atoms with Crippen molar-refractivity contribution in [3.8, 4) is 0 Å². The van der Waals surface area contributed by atoms with Gasteiger partial charge in [-0.15, -0.1) is 0 Å². The Morgan fingerprint density at radius 2 is 2.00 bits per heavy atom. The standard InChI is InChI=1S/C14H16N2O4/c1-9-2-7-13(16(19)20)12(8-9)14(18)15-10-3-5-11(17)6-4-10/h2,7-8,10H,3-6H2,1H3,(H,15,18). The Balaban J connectivity index is 2.14. The number of nitrogens with one attached hydrogen (secondary N) is 1. The summed E-state index contributed by atoms with van der Waals surface area (Å²) in [6.07, 6.45) is 2.12. The quantitative estimate of drug-likeness (QED) is 0.676. The van der Waals surface area contributed by atoms with Gasteiger partial charge in [-0.1, -0.05) is 6.07 Å². The number of aryl methyl sites for hydroxylation is 1. The van der Waals surface area contributed by atoms with Crippen molar-refractivity contribution in [2.75, 3.05) is 0 Å². The van der Waals surface area contributed by atoms with Gasteiger partial charge in [0.05, 0.1) is 4.92 Å². The number of carbonyl (C=O) groups is 2. The summed E-state index contributed by atoms with van der Waals surface area (Å²) in [5.41, 5.74) is 0.673. The highest BCUT2D eigenvalue weighted by molar-refractivity contribution is 5.98. The van der Waals surface area contributed by atoms with Crippen molar-refractivity contribution in [2.45, 2.75) is 38.6 Å². The third-order valence-electron chi connectivity index (χ3n) is 3.47. The lowest BCUT2D eigenvalue weighted by atomic mass is 9.94. The molecule has 0 aromatic heterocycles. The zero-order valence-corrected chi connectivity index (χ0v) is 11.2. The van der Waals surface area contributed by atoms with E-state index >= 15 is 0 Å². The van der Waals surface area contributed by atoms with Crippen LogP contribution in [0.5, 0.6) is 0 Å². The van der Waals surface area contributed by atoms with Gasteiger partial charge >= 0.3 is 0 Å². The van der Waals surface area contributed by atoms with Crippen molar-refractivity contribution in [1.82, 2.24) is 5.32 Å². The van der Waals surface area contributed by atoms with E-state index in [4.69, 9.17) is 0 Å². The third kappa shape index (κ3) is 3.20. The number of nitro groups is 1. The molecule has 0 spiro atoms. The summed E-state index contributed by atoms with van der Waals surface area (Å²) in [5, 5.41) is 13.7. The van der Waals surface area contributed by atoms with E-state index in [9.17, 15) is 19.7 Å². The molecule has 1 amide bonds. The summed E-state index contributed by atoms with van der Waals surface area (Å²) >= 11 is 0. The van der Waals surface area contributed by atoms with Crippen LogP contribution in [-0.4, -0.2) is 22.7 Å². The first-order valence-electron chi connectivity index (χ1n) is 6.55. The predicted molar refractivity (Wildman–Crippen MR) is 72.6 cm³/mol. The van der Waals surface area contributed by atoms with E-state index in [1.807, 2.05) is 0 Å². The number of nitro benzene ring substituents is 1. The summed E-state index contributed by atoms with van der Waals surface area (Å²) in [5.74, 6) is -0.239. The van der Waals surface area contributed by atoms with Crippen LogP contribution in [0.3, 0.4) is 0 Å². The van der Waals surface area contributed by atoms with Gasteiger partial charge in [0.1, 0.15) is 11.3 Å². The lowest BCUT2D eigenvalue weighted by Gasteiger charge is -2.22. The normalized spacial score (nSPS) is 15.9. The third-order valence-corrected chi connectivity index (χ3v) is 3.47. The second-order valence-electron chi connectivity index (χ2n) is 5.06. The number of nitrogens with zero attached hydrogens (tertiary/aromatic N) is 1. The maximum absolute atomic E-state index is 12.2. The fourth-order valence-corrected chi connectivity index (χ4v) is 2.34. The van der Waals surface area contributed by atoms with Crippen molar-refractivity contribution in [3.63, 3.8) is 0 Å². The Morgan fingerprint density at radius 3 is 2.60 bits per heavy atom. The molecule has 20 heavy (non-hydrogen) atoms. The largest absolute Gasteiger partial charge is 0.349 e. The number of rotatable bonds is 3. The van der Waals surface area contributed by atoms with Crippen molar-refractivity contribution >= 4 is 17.4 Å². The van der Waals surface area contributed by atoms with Gasteiger partial charge in [0.25, 0.3) is 11.6 Å². The zero-order chi connectivity index (χ0) is 14.7. The Hall–Kier alpha value is -2.24. The van der Waals surface area contributed by atoms with Gasteiger partial charge in [-0.05, 0) is 31.4 Å². The molecule has 106 valence electrons. The highest BCUT2D eigenvalue weighted by Gasteiger charge is 2.24. The van der Waals surface area contributed by atoms with Crippen molar-refractivity contribution in [3.05, 3.63) is 39.4 Å². The SMILES string of the molecule is Cc1ccc([N+](=O)[O-])c(C(=O)NC2CCC(=O)CC2)c1. The van der Waals surface area contributed by atoms with Gasteiger partial charge in [-0.25, -0.2) is 0 Å². The minimum absolute atomic E-state index is 0.0758. The van der Waals surface area contributed by atoms with E-state index in [0.29, 0.717) is 25.7 Å². The summed E-state index contributed by atoms with van der Waals surface area (Å²) in [4.78, 5) is 33.7. The van der Waals surface area contributed by atoms with Gasteiger partial charge in [0, 0.05) is 24.9 Å². The number of amides is 1. The molecule has 1 fully saturated rings. The monoisotopic (exact) mass is 276 g/mol. The van der Waals surface area contributed by atoms with Crippen LogP contribution in [0, 0.1) is 17.0 Å². The maximum atomic E-state index is 12.2. The molecule has 6 nitrogen and oxygen atoms in total. The molecule has 0 radical (unpaired) electrons. The average Bonchev–Trinajstić information content (AvgIpc) is 2.41. The topological polar surface area (TPSA) is 89.3 Å². The number of hydrogen-bond donors (Lipinski definition) is 1. The molecule has 0 saturated heterocycles. The minimum atomic E-state index is -0.557. The molecule has 0 heterocycles. The van der Waals surface area contributed by atoms with Crippen LogP contribution in [0.15, 0.2) is 18.2 Å². The van der Waals surface area contributed by atoms with E-state index < -0.39 is 10.8 Å². The Morgan fingerprint density at radius 1 is 1.35 bits per heavy atom. The Kier molecular flexibility index (Phi) is 4.12. The molecule has 1 N–H and O–H groups in total. The number of benzene rings is 1. The number of Topliss-reactive ketones (excluding diaryl/α,β-unsaturated/α-hetero) is 1. The molecule has 1 aromatic rings. The lowest BCUT2D eigenvalue weighted by molar-refractivity contribution is -0.385. The molecule has 2 rings (SSSR count). The molecule has 0 atom stereocenters. The smallest absolute Gasteiger partial charge is 0.282 e. The Labute approximate surface area is 116 Å². The molecule has 0 aliphatic heterocycles. The molecule has 1 aromatic carbocycles. The van der Waals surface area contributed by atoms with Gasteiger partial charge in [-0.3, -0.25) is 19.7 Å². The van der Waals surface area contributed by atoms with E-state index in [-0.39, 0.29) is 23.1 Å². The maximum Gasteiger partial charge on any atom is 0.282 e. The average molecular weight is 276 g/mol. The van der Waals surface area contributed by atoms with Gasteiger partial charge in [0.15, 0.2) is 0 Å². The van der Waals surface area contributed by atoms with Gasteiger partial charge < -0.3 is 5.32 Å².